The van der Waals surface area contributed by atoms with Gasteiger partial charge in [-0.25, -0.2) is 0 Å². The van der Waals surface area contributed by atoms with E-state index in [0.29, 0.717) is 12.6 Å². The van der Waals surface area contributed by atoms with Gasteiger partial charge in [-0.3, -0.25) is 4.79 Å². The maximum atomic E-state index is 12.5. The molecule has 2 atom stereocenters. The number of carbonyl (C=O) groups excluding carboxylic acids is 1. The highest BCUT2D eigenvalue weighted by atomic mass is 16.2. The molecule has 1 saturated heterocycles. The van der Waals surface area contributed by atoms with Crippen molar-refractivity contribution in [1.29, 1.82) is 0 Å². The number of quaternary nitrogens is 1. The minimum atomic E-state index is 0.124. The number of likely N-dealkylation sites (tertiary alicyclic amines) is 1. The second kappa shape index (κ2) is 8.11. The molecule has 0 radical (unpaired) electrons. The number of anilines is 1. The van der Waals surface area contributed by atoms with Crippen LogP contribution in [0.25, 0.3) is 0 Å². The standard InChI is InChI=1S/C21H26N2O/c1-17-9-7-8-14-23(17)16-21(24)22-20-13-6-5-12-19(20)15-18-10-3-2-4-11-18/h2-6,10-13,17H,7-9,14-16H2,1H3,(H,22,24)/p+1/t17-/m1/s1. The molecule has 1 aliphatic rings. The van der Waals surface area contributed by atoms with E-state index in [1.165, 1.54) is 35.3 Å². The fourth-order valence-electron chi connectivity index (χ4n) is 3.53. The third-order valence-electron chi connectivity index (χ3n) is 5.00. The smallest absolute Gasteiger partial charge is 0.279 e. The number of nitrogens with one attached hydrogen (secondary N) is 2. The van der Waals surface area contributed by atoms with Gasteiger partial charge in [0.2, 0.25) is 0 Å². The summed E-state index contributed by atoms with van der Waals surface area (Å²) >= 11 is 0. The molecule has 0 bridgehead atoms. The fraction of sp³-hybridized carbons (Fsp3) is 0.381. The van der Waals surface area contributed by atoms with E-state index in [1.54, 1.807) is 0 Å². The van der Waals surface area contributed by atoms with Gasteiger partial charge in [0.1, 0.15) is 0 Å². The van der Waals surface area contributed by atoms with Crippen molar-refractivity contribution in [3.8, 4) is 0 Å². The predicted octanol–water partition coefficient (Wildman–Crippen LogP) is 2.67. The second-order valence-electron chi connectivity index (χ2n) is 6.85. The highest BCUT2D eigenvalue weighted by molar-refractivity contribution is 5.92. The second-order valence-corrected chi connectivity index (χ2v) is 6.85. The molecule has 2 aromatic carbocycles. The Morgan fingerprint density at radius 3 is 2.62 bits per heavy atom. The molecule has 1 aliphatic heterocycles. The van der Waals surface area contributed by atoms with Crippen LogP contribution in [0.5, 0.6) is 0 Å². The summed E-state index contributed by atoms with van der Waals surface area (Å²) in [6.07, 6.45) is 4.60. The summed E-state index contributed by atoms with van der Waals surface area (Å²) in [5, 5.41) is 3.14. The molecule has 3 nitrogen and oxygen atoms in total. The van der Waals surface area contributed by atoms with Crippen molar-refractivity contribution in [2.24, 2.45) is 0 Å². The summed E-state index contributed by atoms with van der Waals surface area (Å²) in [7, 11) is 0. The van der Waals surface area contributed by atoms with Gasteiger partial charge < -0.3 is 10.2 Å². The van der Waals surface area contributed by atoms with Gasteiger partial charge in [-0.1, -0.05) is 48.5 Å². The van der Waals surface area contributed by atoms with Crippen molar-refractivity contribution in [1.82, 2.24) is 0 Å². The van der Waals surface area contributed by atoms with E-state index in [4.69, 9.17) is 0 Å². The zero-order chi connectivity index (χ0) is 16.8. The van der Waals surface area contributed by atoms with Crippen molar-refractivity contribution in [3.63, 3.8) is 0 Å². The van der Waals surface area contributed by atoms with Crippen molar-refractivity contribution in [2.75, 3.05) is 18.4 Å². The van der Waals surface area contributed by atoms with E-state index < -0.39 is 0 Å². The minimum Gasteiger partial charge on any atom is -0.325 e. The molecule has 2 N–H and O–H groups in total. The van der Waals surface area contributed by atoms with Crippen LogP contribution in [0.1, 0.15) is 37.3 Å². The quantitative estimate of drug-likeness (QED) is 0.871. The molecule has 1 heterocycles. The molecule has 0 saturated carbocycles. The third kappa shape index (κ3) is 4.45. The molecular weight excluding hydrogens is 296 g/mol. The summed E-state index contributed by atoms with van der Waals surface area (Å²) in [6.45, 7) is 3.94. The van der Waals surface area contributed by atoms with Crippen LogP contribution in [-0.4, -0.2) is 25.0 Å². The van der Waals surface area contributed by atoms with Crippen molar-refractivity contribution >= 4 is 11.6 Å². The molecule has 0 aromatic heterocycles. The van der Waals surface area contributed by atoms with Crippen molar-refractivity contribution in [3.05, 3.63) is 65.7 Å². The molecule has 0 aliphatic carbocycles. The van der Waals surface area contributed by atoms with Crippen LogP contribution in [0.2, 0.25) is 0 Å². The molecule has 3 rings (SSSR count). The Balaban J connectivity index is 1.65. The SMILES string of the molecule is C[C@@H]1CCCC[NH+]1CC(=O)Nc1ccccc1Cc1ccccc1. The number of benzene rings is 2. The summed E-state index contributed by atoms with van der Waals surface area (Å²) in [4.78, 5) is 13.9. The van der Waals surface area contributed by atoms with Crippen LogP contribution in [0.15, 0.2) is 54.6 Å². The van der Waals surface area contributed by atoms with Gasteiger partial charge in [0.05, 0.1) is 12.6 Å². The first-order valence-corrected chi connectivity index (χ1v) is 8.98. The number of hydrogen-bond acceptors (Lipinski definition) is 1. The minimum absolute atomic E-state index is 0.124. The van der Waals surface area contributed by atoms with Crippen LogP contribution in [-0.2, 0) is 11.2 Å². The van der Waals surface area contributed by atoms with E-state index in [-0.39, 0.29) is 5.91 Å². The normalized spacial score (nSPS) is 20.5. The first kappa shape index (κ1) is 16.7. The van der Waals surface area contributed by atoms with E-state index in [1.807, 2.05) is 24.3 Å². The summed E-state index contributed by atoms with van der Waals surface area (Å²) < 4.78 is 0. The average Bonchev–Trinajstić information content (AvgIpc) is 2.60. The Morgan fingerprint density at radius 2 is 1.83 bits per heavy atom. The van der Waals surface area contributed by atoms with Gasteiger partial charge in [0, 0.05) is 5.69 Å². The van der Waals surface area contributed by atoms with Crippen LogP contribution in [0.4, 0.5) is 5.69 Å². The van der Waals surface area contributed by atoms with Crippen LogP contribution < -0.4 is 10.2 Å². The maximum absolute atomic E-state index is 12.5. The summed E-state index contributed by atoms with van der Waals surface area (Å²) in [5.41, 5.74) is 3.36. The lowest BCUT2D eigenvalue weighted by molar-refractivity contribution is -0.920. The first-order valence-electron chi connectivity index (χ1n) is 8.98. The molecule has 1 fully saturated rings. The molecule has 2 aromatic rings. The Kier molecular flexibility index (Phi) is 5.65. The monoisotopic (exact) mass is 323 g/mol. The molecular formula is C21H27N2O+. The number of piperidine rings is 1. The van der Waals surface area contributed by atoms with E-state index in [2.05, 4.69) is 42.6 Å². The summed E-state index contributed by atoms with van der Waals surface area (Å²) in [6, 6.07) is 19.1. The summed E-state index contributed by atoms with van der Waals surface area (Å²) in [5.74, 6) is 0.124. The lowest BCUT2D eigenvalue weighted by Crippen LogP contribution is -3.17. The van der Waals surface area contributed by atoms with Gasteiger partial charge >= 0.3 is 0 Å². The predicted molar refractivity (Wildman–Crippen MR) is 98.3 cm³/mol. The topological polar surface area (TPSA) is 33.5 Å². The Morgan fingerprint density at radius 1 is 1.08 bits per heavy atom. The van der Waals surface area contributed by atoms with Gasteiger partial charge in [0.25, 0.3) is 5.91 Å². The molecule has 24 heavy (non-hydrogen) atoms. The zero-order valence-electron chi connectivity index (χ0n) is 14.4. The van der Waals surface area contributed by atoms with E-state index >= 15 is 0 Å². The van der Waals surface area contributed by atoms with Crippen molar-refractivity contribution in [2.45, 2.75) is 38.6 Å². The Hall–Kier alpha value is -2.13. The van der Waals surface area contributed by atoms with Gasteiger partial charge in [-0.05, 0) is 49.8 Å². The van der Waals surface area contributed by atoms with Crippen LogP contribution in [0.3, 0.4) is 0 Å². The average molecular weight is 323 g/mol. The number of hydrogen-bond donors (Lipinski definition) is 2. The molecule has 3 heteroatoms. The van der Waals surface area contributed by atoms with Gasteiger partial charge in [-0.2, -0.15) is 0 Å². The fourth-order valence-corrected chi connectivity index (χ4v) is 3.53. The molecule has 1 unspecified atom stereocenters. The molecule has 126 valence electrons. The van der Waals surface area contributed by atoms with E-state index in [0.717, 1.165) is 18.7 Å². The Labute approximate surface area is 144 Å². The molecule has 1 amide bonds. The third-order valence-corrected chi connectivity index (χ3v) is 5.00. The largest absolute Gasteiger partial charge is 0.325 e. The highest BCUT2D eigenvalue weighted by Crippen LogP contribution is 2.19. The van der Waals surface area contributed by atoms with Gasteiger partial charge in [0.15, 0.2) is 6.54 Å². The number of rotatable bonds is 5. The maximum Gasteiger partial charge on any atom is 0.279 e. The van der Waals surface area contributed by atoms with Gasteiger partial charge in [-0.15, -0.1) is 0 Å². The first-order chi connectivity index (χ1) is 11.7. The number of carbonyl (C=O) groups is 1. The van der Waals surface area contributed by atoms with E-state index in [9.17, 15) is 4.79 Å². The van der Waals surface area contributed by atoms with Crippen LogP contribution >= 0.6 is 0 Å². The Bertz CT molecular complexity index is 669. The lowest BCUT2D eigenvalue weighted by Gasteiger charge is -2.29. The molecule has 0 spiro atoms. The zero-order valence-corrected chi connectivity index (χ0v) is 14.4. The lowest BCUT2D eigenvalue weighted by atomic mass is 10.0. The highest BCUT2D eigenvalue weighted by Gasteiger charge is 2.24. The van der Waals surface area contributed by atoms with Crippen molar-refractivity contribution < 1.29 is 9.69 Å². The van der Waals surface area contributed by atoms with Crippen LogP contribution in [0, 0.1) is 0 Å². The number of para-hydroxylation sites is 1. The number of amides is 1.